The quantitative estimate of drug-likeness (QED) is 0.127. The predicted octanol–water partition coefficient (Wildman–Crippen LogP) is 7.94. The smallest absolute Gasteiger partial charge is 0.335 e. The van der Waals surface area contributed by atoms with Crippen molar-refractivity contribution in [2.75, 3.05) is 26.9 Å². The van der Waals surface area contributed by atoms with Gasteiger partial charge in [0.1, 0.15) is 18.5 Å². The molecular weight excluding hydrogens is 536 g/mol. The van der Waals surface area contributed by atoms with Gasteiger partial charge in [0, 0.05) is 19.4 Å². The van der Waals surface area contributed by atoms with E-state index >= 15 is 0 Å². The molecule has 0 fully saturated rings. The first-order chi connectivity index (χ1) is 21.0. The van der Waals surface area contributed by atoms with E-state index in [0.717, 1.165) is 22.4 Å². The van der Waals surface area contributed by atoms with Crippen molar-refractivity contribution in [1.29, 1.82) is 0 Å². The van der Waals surface area contributed by atoms with Crippen LogP contribution in [0, 0.1) is 6.92 Å². The van der Waals surface area contributed by atoms with Crippen molar-refractivity contribution in [3.05, 3.63) is 136 Å². The van der Waals surface area contributed by atoms with Gasteiger partial charge in [0.25, 0.3) is 0 Å². The molecule has 0 aromatic heterocycles. The van der Waals surface area contributed by atoms with Crippen molar-refractivity contribution >= 4 is 18.1 Å². The lowest BCUT2D eigenvalue weighted by atomic mass is 9.89. The minimum absolute atomic E-state index is 0.207. The summed E-state index contributed by atoms with van der Waals surface area (Å²) in [4.78, 5) is 12.1. The third-order valence-electron chi connectivity index (χ3n) is 7.98. The first-order valence-corrected chi connectivity index (χ1v) is 15.0. The molecule has 5 heteroatoms. The second-order valence-corrected chi connectivity index (χ2v) is 10.9. The van der Waals surface area contributed by atoms with E-state index in [-0.39, 0.29) is 18.0 Å². The third kappa shape index (κ3) is 7.42. The van der Waals surface area contributed by atoms with Gasteiger partial charge in [-0.2, -0.15) is 0 Å². The van der Waals surface area contributed by atoms with Crippen LogP contribution >= 0.6 is 0 Å². The van der Waals surface area contributed by atoms with Gasteiger partial charge in [-0.05, 0) is 64.9 Å². The summed E-state index contributed by atoms with van der Waals surface area (Å²) in [5.41, 5.74) is 9.43. The van der Waals surface area contributed by atoms with E-state index in [0.29, 0.717) is 26.2 Å². The molecule has 0 saturated carbocycles. The summed E-state index contributed by atoms with van der Waals surface area (Å²) < 4.78 is 23.0. The fourth-order valence-corrected chi connectivity index (χ4v) is 5.54. The number of aryl methyl sites for hydroxylation is 1. The van der Waals surface area contributed by atoms with Gasteiger partial charge < -0.3 is 18.9 Å². The number of methoxy groups -OCH3 is 1. The van der Waals surface area contributed by atoms with Crippen LogP contribution in [-0.2, 0) is 25.4 Å². The van der Waals surface area contributed by atoms with Crippen LogP contribution in [0.2, 0.25) is 0 Å². The summed E-state index contributed by atoms with van der Waals surface area (Å²) in [5.74, 6) is 0.685. The molecule has 4 aromatic rings. The summed E-state index contributed by atoms with van der Waals surface area (Å²) >= 11 is 0. The van der Waals surface area contributed by atoms with E-state index in [2.05, 4.69) is 92.7 Å². The predicted molar refractivity (Wildman–Crippen MR) is 171 cm³/mol. The van der Waals surface area contributed by atoms with Gasteiger partial charge in [0.2, 0.25) is 0 Å². The van der Waals surface area contributed by atoms with Crippen LogP contribution in [0.4, 0.5) is 0 Å². The van der Waals surface area contributed by atoms with Crippen molar-refractivity contribution in [1.82, 2.24) is 0 Å². The van der Waals surface area contributed by atoms with Crippen molar-refractivity contribution in [3.63, 3.8) is 0 Å². The maximum Gasteiger partial charge on any atom is 0.335 e. The Morgan fingerprint density at radius 3 is 2.21 bits per heavy atom. The molecule has 0 bridgehead atoms. The maximum atomic E-state index is 12.1. The van der Waals surface area contributed by atoms with Gasteiger partial charge >= 0.3 is 5.97 Å². The van der Waals surface area contributed by atoms with Crippen LogP contribution in [0.3, 0.4) is 0 Å². The highest BCUT2D eigenvalue weighted by Crippen LogP contribution is 2.38. The molecule has 0 N–H and O–H groups in total. The number of hydrogen-bond acceptors (Lipinski definition) is 5. The molecular formula is C38H40O5. The fourth-order valence-electron chi connectivity index (χ4n) is 5.54. The minimum atomic E-state index is -0.624. The van der Waals surface area contributed by atoms with E-state index in [1.165, 1.54) is 34.9 Å². The molecule has 4 aromatic carbocycles. The number of carbonyl (C=O) groups excluding carboxylic acids is 1. The average molecular weight is 577 g/mol. The standard InChI is InChI=1S/C38H40O5/c1-5-41-38(39)36(40-4)24-28-12-17-33(18-13-28)42-21-22-43-37-34-19-11-26(2)23-31(34)14-15-32-25-30(16-20-35(32)37)27(3)29-9-7-6-8-10-29/h6-20,23,25,27,36-37H,5,21-22,24H2,1-4H3. The number of carbonyl (C=O) groups is 1. The Morgan fingerprint density at radius 2 is 1.51 bits per heavy atom. The Hall–Kier alpha value is -4.19. The lowest BCUT2D eigenvalue weighted by Crippen LogP contribution is -2.27. The number of rotatable bonds is 12. The second-order valence-electron chi connectivity index (χ2n) is 10.9. The topological polar surface area (TPSA) is 54.0 Å². The van der Waals surface area contributed by atoms with Crippen LogP contribution in [-0.4, -0.2) is 39.0 Å². The molecule has 0 spiro atoms. The maximum absolute atomic E-state index is 12.1. The van der Waals surface area contributed by atoms with Gasteiger partial charge in [0.15, 0.2) is 6.10 Å². The van der Waals surface area contributed by atoms with Gasteiger partial charge in [-0.3, -0.25) is 0 Å². The van der Waals surface area contributed by atoms with Gasteiger partial charge in [-0.25, -0.2) is 4.79 Å². The zero-order valence-corrected chi connectivity index (χ0v) is 25.4. The first-order valence-electron chi connectivity index (χ1n) is 15.0. The largest absolute Gasteiger partial charge is 0.491 e. The van der Waals surface area contributed by atoms with E-state index in [9.17, 15) is 4.79 Å². The van der Waals surface area contributed by atoms with Gasteiger partial charge in [-0.15, -0.1) is 0 Å². The Kier molecular flexibility index (Phi) is 10.1. The monoisotopic (exact) mass is 576 g/mol. The Balaban J connectivity index is 1.27. The summed E-state index contributed by atoms with van der Waals surface area (Å²) in [6.07, 6.45) is 4.03. The number of ether oxygens (including phenoxy) is 4. The molecule has 0 aliphatic heterocycles. The van der Waals surface area contributed by atoms with E-state index < -0.39 is 6.10 Å². The van der Waals surface area contributed by atoms with Gasteiger partial charge in [-0.1, -0.05) is 104 Å². The van der Waals surface area contributed by atoms with Crippen molar-refractivity contribution in [2.24, 2.45) is 0 Å². The normalized spacial score (nSPS) is 15.1. The first kappa shape index (κ1) is 30.3. The molecule has 0 heterocycles. The second kappa shape index (κ2) is 14.3. The highest BCUT2D eigenvalue weighted by atomic mass is 16.6. The van der Waals surface area contributed by atoms with Crippen LogP contribution in [0.5, 0.6) is 5.75 Å². The molecule has 222 valence electrons. The molecule has 3 unspecified atom stereocenters. The van der Waals surface area contributed by atoms with Gasteiger partial charge in [0.05, 0.1) is 13.2 Å². The third-order valence-corrected chi connectivity index (χ3v) is 7.98. The number of esters is 1. The lowest BCUT2D eigenvalue weighted by molar-refractivity contribution is -0.154. The SMILES string of the molecule is CCOC(=O)C(Cc1ccc(OCCOC2c3ccc(C)cc3C=Cc3cc(C(C)c4ccccc4)ccc32)cc1)OC. The Labute approximate surface area is 255 Å². The molecule has 5 rings (SSSR count). The summed E-state index contributed by atoms with van der Waals surface area (Å²) in [6, 6.07) is 31.6. The van der Waals surface area contributed by atoms with Crippen molar-refractivity contribution < 1.29 is 23.7 Å². The average Bonchev–Trinajstić information content (AvgIpc) is 3.18. The Bertz CT molecular complexity index is 1540. The summed E-state index contributed by atoms with van der Waals surface area (Å²) in [5, 5.41) is 0. The van der Waals surface area contributed by atoms with Crippen LogP contribution in [0.1, 0.15) is 70.4 Å². The zero-order chi connectivity index (χ0) is 30.2. The molecule has 1 aliphatic carbocycles. The number of benzene rings is 4. The fraction of sp³-hybridized carbons (Fsp3) is 0.289. The molecule has 0 amide bonds. The summed E-state index contributed by atoms with van der Waals surface area (Å²) in [6.45, 7) is 7.32. The molecule has 0 radical (unpaired) electrons. The molecule has 1 aliphatic rings. The molecule has 3 atom stereocenters. The highest BCUT2D eigenvalue weighted by molar-refractivity contribution is 5.77. The van der Waals surface area contributed by atoms with Crippen molar-refractivity contribution in [3.8, 4) is 5.75 Å². The van der Waals surface area contributed by atoms with E-state index in [1.807, 2.05) is 24.3 Å². The zero-order valence-electron chi connectivity index (χ0n) is 25.4. The number of hydrogen-bond donors (Lipinski definition) is 0. The van der Waals surface area contributed by atoms with Crippen LogP contribution in [0.15, 0.2) is 91.0 Å². The highest BCUT2D eigenvalue weighted by Gasteiger charge is 2.24. The molecule has 0 saturated heterocycles. The van der Waals surface area contributed by atoms with Crippen LogP contribution in [0.25, 0.3) is 12.2 Å². The Morgan fingerprint density at radius 1 is 0.814 bits per heavy atom. The van der Waals surface area contributed by atoms with Crippen molar-refractivity contribution in [2.45, 2.75) is 45.3 Å². The van der Waals surface area contributed by atoms with E-state index in [4.69, 9.17) is 18.9 Å². The minimum Gasteiger partial charge on any atom is -0.491 e. The van der Waals surface area contributed by atoms with Crippen LogP contribution < -0.4 is 4.74 Å². The summed E-state index contributed by atoms with van der Waals surface area (Å²) in [7, 11) is 1.52. The lowest BCUT2D eigenvalue weighted by Gasteiger charge is -2.23. The molecule has 5 nitrogen and oxygen atoms in total. The molecule has 43 heavy (non-hydrogen) atoms. The number of fused-ring (bicyclic) bond motifs is 2. The van der Waals surface area contributed by atoms with E-state index in [1.54, 1.807) is 6.92 Å².